The van der Waals surface area contributed by atoms with Gasteiger partial charge in [0.05, 0.1) is 39.3 Å². The zero-order valence-electron chi connectivity index (χ0n) is 16.2. The monoisotopic (exact) mass is 330 g/mol. The molecule has 0 fully saturated rings. The van der Waals surface area contributed by atoms with Gasteiger partial charge in [0.2, 0.25) is 0 Å². The van der Waals surface area contributed by atoms with E-state index in [4.69, 9.17) is 10.1 Å². The number of nitrogens with zero attached hydrogens (tertiary/aromatic N) is 4. The Morgan fingerprint density at radius 1 is 0.826 bits per heavy atom. The third kappa shape index (κ3) is 10.1. The first-order valence-corrected chi connectivity index (χ1v) is 9.18. The van der Waals surface area contributed by atoms with Crippen molar-refractivity contribution in [2.24, 2.45) is 5.34 Å². The Kier molecular flexibility index (Phi) is 17.7. The summed E-state index contributed by atoms with van der Waals surface area (Å²) in [7, 11) is 0. The molecule has 0 heterocycles. The van der Waals surface area contributed by atoms with Crippen molar-refractivity contribution < 1.29 is 4.58 Å². The van der Waals surface area contributed by atoms with Gasteiger partial charge in [-0.1, -0.05) is 26.7 Å². The first-order chi connectivity index (χ1) is 11.1. The molecule has 0 aromatic heterocycles. The maximum Gasteiger partial charge on any atom is 0.350 e. The molecule has 0 bridgehead atoms. The van der Waals surface area contributed by atoms with Gasteiger partial charge in [-0.25, -0.2) is 0 Å². The molecule has 0 aromatic rings. The Morgan fingerprint density at radius 2 is 1.13 bits per heavy atom. The zero-order valence-corrected chi connectivity index (χ0v) is 16.2. The number of hydrogen-bond donors (Lipinski definition) is 0. The molecule has 6 nitrogen and oxygen atoms in total. The van der Waals surface area contributed by atoms with Crippen LogP contribution in [0.25, 0.3) is 0 Å². The van der Waals surface area contributed by atoms with E-state index in [1.54, 1.807) is 0 Å². The van der Waals surface area contributed by atoms with E-state index in [1.807, 2.05) is 0 Å². The first kappa shape index (κ1) is 23.9. The summed E-state index contributed by atoms with van der Waals surface area (Å²) in [6.45, 7) is 20.4. The van der Waals surface area contributed by atoms with Crippen LogP contribution in [0.3, 0.4) is 0 Å². The fraction of sp³-hybridized carbons (Fsp3) is 0.941. The van der Waals surface area contributed by atoms with Crippen molar-refractivity contribution in [3.05, 3.63) is 10.1 Å². The third-order valence-electron chi connectivity index (χ3n) is 3.94. The van der Waals surface area contributed by atoms with Crippen molar-refractivity contribution in [2.45, 2.75) is 67.2 Å². The highest BCUT2D eigenvalue weighted by Gasteiger charge is 2.25. The summed E-state index contributed by atoms with van der Waals surface area (Å²) in [4.78, 5) is 13.1. The zero-order chi connectivity index (χ0) is 18.1. The van der Waals surface area contributed by atoms with Crippen LogP contribution in [0.5, 0.6) is 0 Å². The van der Waals surface area contributed by atoms with Crippen LogP contribution in [0, 0.1) is 10.1 Å². The lowest BCUT2D eigenvalue weighted by Crippen LogP contribution is -2.50. The van der Waals surface area contributed by atoms with Gasteiger partial charge >= 0.3 is 5.96 Å². The summed E-state index contributed by atoms with van der Waals surface area (Å²) in [6.07, 6.45) is 5.12. The second-order valence-corrected chi connectivity index (χ2v) is 5.41. The largest absolute Gasteiger partial charge is 0.444 e. The Balaban J connectivity index is 0. The van der Waals surface area contributed by atoms with Crippen molar-refractivity contribution in [1.82, 2.24) is 9.80 Å². The van der Waals surface area contributed by atoms with Crippen LogP contribution in [0.2, 0.25) is 0 Å². The minimum atomic E-state index is 1.00. The molecule has 0 aliphatic rings. The predicted octanol–water partition coefficient (Wildman–Crippen LogP) is 3.89. The van der Waals surface area contributed by atoms with Crippen LogP contribution in [-0.2, 0) is 0 Å². The van der Waals surface area contributed by atoms with Gasteiger partial charge in [0.1, 0.15) is 0 Å². The van der Waals surface area contributed by atoms with Crippen molar-refractivity contribution in [3.63, 3.8) is 0 Å². The van der Waals surface area contributed by atoms with Gasteiger partial charge in [0, 0.05) is 0 Å². The summed E-state index contributed by atoms with van der Waals surface area (Å²) in [6, 6.07) is 0. The molecule has 0 amide bonds. The predicted molar refractivity (Wildman–Crippen MR) is 99.8 cm³/mol. The Morgan fingerprint density at radius 3 is 1.35 bits per heavy atom. The molecule has 0 saturated carbocycles. The van der Waals surface area contributed by atoms with E-state index < -0.39 is 0 Å². The molecule has 0 spiro atoms. The van der Waals surface area contributed by atoms with E-state index >= 15 is 0 Å². The Bertz CT molecular complexity index is 277. The van der Waals surface area contributed by atoms with Gasteiger partial charge in [-0.15, -0.1) is 5.34 Å². The molecule has 0 N–H and O–H groups in total. The highest BCUT2D eigenvalue weighted by atomic mass is 16.6. The van der Waals surface area contributed by atoms with Gasteiger partial charge in [0.15, 0.2) is 0 Å². The summed E-state index contributed by atoms with van der Waals surface area (Å²) < 4.78 is 2.63. The van der Waals surface area contributed by atoms with E-state index in [9.17, 15) is 0 Å². The van der Waals surface area contributed by atoms with E-state index in [2.05, 4.69) is 55.9 Å². The summed E-state index contributed by atoms with van der Waals surface area (Å²) >= 11 is 0. The standard InChI is InChI=1S/C17H38N3.HNO2/c1-7-13-15-20(16-14-8-2)17(18(9-3)10-4)19(11-5)12-6;2-1-3/h7-16H2,1-6H3;(H,2,3)/q+1;/p-1. The second kappa shape index (κ2) is 17.0. The van der Waals surface area contributed by atoms with E-state index in [0.717, 1.165) is 31.5 Å². The van der Waals surface area contributed by atoms with Crippen LogP contribution in [0.1, 0.15) is 67.2 Å². The van der Waals surface area contributed by atoms with Crippen molar-refractivity contribution in [1.29, 1.82) is 0 Å². The number of rotatable bonds is 10. The van der Waals surface area contributed by atoms with E-state index in [0.29, 0.717) is 0 Å². The van der Waals surface area contributed by atoms with Gasteiger partial charge in [-0.2, -0.15) is 0 Å². The van der Waals surface area contributed by atoms with E-state index in [1.165, 1.54) is 44.7 Å². The lowest BCUT2D eigenvalue weighted by Gasteiger charge is -2.28. The first-order valence-electron chi connectivity index (χ1n) is 9.18. The maximum atomic E-state index is 8.00. The second-order valence-electron chi connectivity index (χ2n) is 5.41. The SMILES string of the molecule is CCCC[N+](CCCC)=C(N(CC)CC)N(CC)CC.O=N[O-]. The van der Waals surface area contributed by atoms with Crippen molar-refractivity contribution in [3.8, 4) is 0 Å². The van der Waals surface area contributed by atoms with Crippen LogP contribution in [0.15, 0.2) is 5.34 Å². The number of hydrogen-bond acceptors (Lipinski definition) is 3. The summed E-state index contributed by atoms with van der Waals surface area (Å²) in [5, 5.41) is 9.00. The van der Waals surface area contributed by atoms with Crippen LogP contribution < -0.4 is 0 Å². The number of unbranched alkanes of at least 4 members (excludes halogenated alkanes) is 2. The van der Waals surface area contributed by atoms with Crippen LogP contribution in [0.4, 0.5) is 0 Å². The third-order valence-corrected chi connectivity index (χ3v) is 3.94. The van der Waals surface area contributed by atoms with Gasteiger partial charge in [-0.05, 0) is 40.5 Å². The van der Waals surface area contributed by atoms with Crippen molar-refractivity contribution in [2.75, 3.05) is 39.3 Å². The van der Waals surface area contributed by atoms with Gasteiger partial charge in [0.25, 0.3) is 0 Å². The highest BCUT2D eigenvalue weighted by Crippen LogP contribution is 2.04. The lowest BCUT2D eigenvalue weighted by atomic mass is 10.3. The van der Waals surface area contributed by atoms with Gasteiger partial charge < -0.3 is 10.1 Å². The topological polar surface area (TPSA) is 62.0 Å². The fourth-order valence-corrected chi connectivity index (χ4v) is 2.62. The molecule has 23 heavy (non-hydrogen) atoms. The molecule has 0 unspecified atom stereocenters. The van der Waals surface area contributed by atoms with E-state index in [-0.39, 0.29) is 0 Å². The molecule has 0 aliphatic heterocycles. The minimum Gasteiger partial charge on any atom is -0.444 e. The normalized spacial score (nSPS) is 9.65. The summed E-state index contributed by atoms with van der Waals surface area (Å²) in [5.41, 5.74) is 0. The lowest BCUT2D eigenvalue weighted by molar-refractivity contribution is -0.539. The molecular formula is C17H38N4O2. The Hall–Kier alpha value is -1.33. The minimum absolute atomic E-state index is 1.00. The van der Waals surface area contributed by atoms with Crippen LogP contribution in [-0.4, -0.2) is 59.6 Å². The highest BCUT2D eigenvalue weighted by molar-refractivity contribution is 5.75. The molecule has 0 aromatic carbocycles. The van der Waals surface area contributed by atoms with Gasteiger partial charge in [-0.3, -0.25) is 14.4 Å². The average Bonchev–Trinajstić information content (AvgIpc) is 2.57. The van der Waals surface area contributed by atoms with Crippen LogP contribution >= 0.6 is 0 Å². The molecular weight excluding hydrogens is 292 g/mol. The molecule has 0 aliphatic carbocycles. The smallest absolute Gasteiger partial charge is 0.350 e. The molecule has 0 rings (SSSR count). The Labute approximate surface area is 143 Å². The molecule has 0 radical (unpaired) electrons. The fourth-order valence-electron chi connectivity index (χ4n) is 2.62. The molecule has 6 heteroatoms. The molecule has 0 atom stereocenters. The number of guanidine groups is 1. The average molecular weight is 331 g/mol. The summed E-state index contributed by atoms with van der Waals surface area (Å²) in [5.74, 6) is 1.46. The molecule has 138 valence electrons. The quantitative estimate of drug-likeness (QED) is 0.200. The molecule has 0 saturated heterocycles. The maximum absolute atomic E-state index is 8.00. The van der Waals surface area contributed by atoms with Crippen molar-refractivity contribution >= 4 is 5.96 Å².